The lowest BCUT2D eigenvalue weighted by Crippen LogP contribution is -2.48. The van der Waals surface area contributed by atoms with Gasteiger partial charge in [-0.05, 0) is 40.0 Å². The van der Waals surface area contributed by atoms with E-state index in [2.05, 4.69) is 19.2 Å². The van der Waals surface area contributed by atoms with Crippen LogP contribution in [-0.2, 0) is 23.7 Å². The molecule has 2 saturated heterocycles. The standard InChI is InChI=1S/C18H33NO6/c1-11(2)7-8-14(21)19-9-12(20)15-16(25-18(5,6)24-15)13-10-22-17(3,4)23-13/h11-13,15-16,20H,7-10H2,1-6H3,(H,19,21)/t12-,13+,15+,16+/m0/s1. The lowest BCUT2D eigenvalue weighted by atomic mass is 10.0. The van der Waals surface area contributed by atoms with Gasteiger partial charge in [0.1, 0.15) is 24.4 Å². The van der Waals surface area contributed by atoms with Crippen LogP contribution in [0.4, 0.5) is 0 Å². The van der Waals surface area contributed by atoms with Crippen LogP contribution in [0.2, 0.25) is 0 Å². The largest absolute Gasteiger partial charge is 0.388 e. The number of nitrogens with one attached hydrogen (secondary N) is 1. The molecular weight excluding hydrogens is 326 g/mol. The molecule has 25 heavy (non-hydrogen) atoms. The molecule has 7 heteroatoms. The van der Waals surface area contributed by atoms with Crippen LogP contribution < -0.4 is 5.32 Å². The van der Waals surface area contributed by atoms with Crippen LogP contribution in [0.5, 0.6) is 0 Å². The molecule has 146 valence electrons. The molecule has 4 atom stereocenters. The average Bonchev–Trinajstić information content (AvgIpc) is 3.01. The third-order valence-corrected chi connectivity index (χ3v) is 4.40. The zero-order chi connectivity index (χ0) is 18.8. The molecule has 0 saturated carbocycles. The molecule has 0 radical (unpaired) electrons. The molecule has 2 aliphatic rings. The quantitative estimate of drug-likeness (QED) is 0.718. The van der Waals surface area contributed by atoms with Crippen molar-refractivity contribution in [2.24, 2.45) is 5.92 Å². The van der Waals surface area contributed by atoms with Crippen LogP contribution in [0.25, 0.3) is 0 Å². The van der Waals surface area contributed by atoms with Crippen molar-refractivity contribution in [2.75, 3.05) is 13.2 Å². The third-order valence-electron chi connectivity index (χ3n) is 4.40. The van der Waals surface area contributed by atoms with E-state index >= 15 is 0 Å². The van der Waals surface area contributed by atoms with Crippen molar-refractivity contribution in [3.05, 3.63) is 0 Å². The fourth-order valence-electron chi connectivity index (χ4n) is 3.12. The van der Waals surface area contributed by atoms with Gasteiger partial charge in [0.05, 0.1) is 6.61 Å². The van der Waals surface area contributed by atoms with Gasteiger partial charge in [-0.2, -0.15) is 0 Å². The van der Waals surface area contributed by atoms with Crippen molar-refractivity contribution < 1.29 is 28.8 Å². The first-order valence-corrected chi connectivity index (χ1v) is 9.11. The zero-order valence-corrected chi connectivity index (χ0v) is 16.2. The minimum absolute atomic E-state index is 0.0657. The van der Waals surface area contributed by atoms with Gasteiger partial charge in [0, 0.05) is 13.0 Å². The van der Waals surface area contributed by atoms with E-state index in [1.807, 2.05) is 13.8 Å². The first-order chi connectivity index (χ1) is 11.5. The van der Waals surface area contributed by atoms with Gasteiger partial charge < -0.3 is 29.4 Å². The van der Waals surface area contributed by atoms with Gasteiger partial charge in [-0.15, -0.1) is 0 Å². The smallest absolute Gasteiger partial charge is 0.220 e. The highest BCUT2D eigenvalue weighted by Crippen LogP contribution is 2.36. The van der Waals surface area contributed by atoms with Crippen LogP contribution in [-0.4, -0.2) is 60.2 Å². The van der Waals surface area contributed by atoms with E-state index in [1.54, 1.807) is 13.8 Å². The molecule has 7 nitrogen and oxygen atoms in total. The maximum Gasteiger partial charge on any atom is 0.220 e. The normalized spacial score (nSPS) is 32.1. The van der Waals surface area contributed by atoms with E-state index in [0.717, 1.165) is 6.42 Å². The fourth-order valence-corrected chi connectivity index (χ4v) is 3.12. The van der Waals surface area contributed by atoms with E-state index < -0.39 is 29.9 Å². The molecule has 1 amide bonds. The highest BCUT2D eigenvalue weighted by molar-refractivity contribution is 5.75. The van der Waals surface area contributed by atoms with Gasteiger partial charge in [0.2, 0.25) is 5.91 Å². The van der Waals surface area contributed by atoms with Gasteiger partial charge >= 0.3 is 0 Å². The SMILES string of the molecule is CC(C)CCC(=O)NC[C@H](O)[C@H]1OC(C)(C)O[C@@H]1[C@H]1COC(C)(C)O1. The van der Waals surface area contributed by atoms with Crippen molar-refractivity contribution in [3.63, 3.8) is 0 Å². The summed E-state index contributed by atoms with van der Waals surface area (Å²) in [6.45, 7) is 11.9. The second-order valence-electron chi connectivity index (χ2n) is 8.24. The number of ether oxygens (including phenoxy) is 4. The highest BCUT2D eigenvalue weighted by Gasteiger charge is 2.51. The number of carbonyl (C=O) groups excluding carboxylic acids is 1. The molecule has 2 fully saturated rings. The molecule has 0 aromatic heterocycles. The molecule has 0 aromatic rings. The minimum Gasteiger partial charge on any atom is -0.388 e. The van der Waals surface area contributed by atoms with Crippen molar-refractivity contribution in [2.45, 2.75) is 90.4 Å². The van der Waals surface area contributed by atoms with Gasteiger partial charge in [-0.3, -0.25) is 4.79 Å². The Bertz CT molecular complexity index is 464. The maximum absolute atomic E-state index is 11.9. The molecule has 2 heterocycles. The fraction of sp³-hybridized carbons (Fsp3) is 0.944. The van der Waals surface area contributed by atoms with Crippen LogP contribution in [0.1, 0.15) is 54.4 Å². The van der Waals surface area contributed by atoms with Crippen molar-refractivity contribution >= 4 is 5.91 Å². The summed E-state index contributed by atoms with van der Waals surface area (Å²) >= 11 is 0. The molecular formula is C18H33NO6. The molecule has 2 aliphatic heterocycles. The number of aliphatic hydroxyl groups excluding tert-OH is 1. The van der Waals surface area contributed by atoms with Crippen molar-refractivity contribution in [1.82, 2.24) is 5.32 Å². The predicted molar refractivity (Wildman–Crippen MR) is 91.8 cm³/mol. The Balaban J connectivity index is 1.91. The first-order valence-electron chi connectivity index (χ1n) is 9.11. The van der Waals surface area contributed by atoms with Gasteiger partial charge in [-0.1, -0.05) is 13.8 Å². The zero-order valence-electron chi connectivity index (χ0n) is 16.2. The van der Waals surface area contributed by atoms with Crippen molar-refractivity contribution in [1.29, 1.82) is 0 Å². The Morgan fingerprint density at radius 1 is 1.16 bits per heavy atom. The van der Waals surface area contributed by atoms with Crippen LogP contribution in [0.3, 0.4) is 0 Å². The number of hydrogen-bond acceptors (Lipinski definition) is 6. The summed E-state index contributed by atoms with van der Waals surface area (Å²) < 4.78 is 23.3. The lowest BCUT2D eigenvalue weighted by Gasteiger charge is -2.26. The van der Waals surface area contributed by atoms with E-state index in [1.165, 1.54) is 0 Å². The van der Waals surface area contributed by atoms with Gasteiger partial charge in [0.15, 0.2) is 11.6 Å². The summed E-state index contributed by atoms with van der Waals surface area (Å²) in [6.07, 6.45) is -0.990. The van der Waals surface area contributed by atoms with Crippen LogP contribution in [0, 0.1) is 5.92 Å². The summed E-state index contributed by atoms with van der Waals surface area (Å²) in [5.74, 6) is -1.10. The van der Waals surface area contributed by atoms with Crippen LogP contribution in [0.15, 0.2) is 0 Å². The maximum atomic E-state index is 11.9. The van der Waals surface area contributed by atoms with Gasteiger partial charge in [0.25, 0.3) is 0 Å². The molecule has 0 spiro atoms. The second-order valence-corrected chi connectivity index (χ2v) is 8.24. The van der Waals surface area contributed by atoms with Crippen molar-refractivity contribution in [3.8, 4) is 0 Å². The third kappa shape index (κ3) is 5.89. The Hall–Kier alpha value is -0.730. The Labute approximate surface area is 150 Å². The number of aliphatic hydroxyl groups is 1. The summed E-state index contributed by atoms with van der Waals surface area (Å²) in [5, 5.41) is 13.3. The summed E-state index contributed by atoms with van der Waals surface area (Å²) in [5.41, 5.74) is 0. The number of hydrogen-bond donors (Lipinski definition) is 2. The topological polar surface area (TPSA) is 86.3 Å². The molecule has 0 aromatic carbocycles. The van der Waals surface area contributed by atoms with E-state index in [0.29, 0.717) is 18.9 Å². The molecule has 0 aliphatic carbocycles. The van der Waals surface area contributed by atoms with E-state index in [4.69, 9.17) is 18.9 Å². The Morgan fingerprint density at radius 3 is 2.40 bits per heavy atom. The summed E-state index contributed by atoms with van der Waals surface area (Å²) in [6, 6.07) is 0. The Kier molecular flexibility index (Phi) is 6.49. The first kappa shape index (κ1) is 20.6. The lowest BCUT2D eigenvalue weighted by molar-refractivity contribution is -0.175. The predicted octanol–water partition coefficient (Wildman–Crippen LogP) is 1.57. The minimum atomic E-state index is -0.887. The van der Waals surface area contributed by atoms with Crippen LogP contribution >= 0.6 is 0 Å². The Morgan fingerprint density at radius 2 is 1.84 bits per heavy atom. The summed E-state index contributed by atoms with van der Waals surface area (Å²) in [4.78, 5) is 11.9. The molecule has 2 rings (SSSR count). The molecule has 0 bridgehead atoms. The molecule has 2 N–H and O–H groups in total. The monoisotopic (exact) mass is 359 g/mol. The second kappa shape index (κ2) is 7.88. The van der Waals surface area contributed by atoms with E-state index in [-0.39, 0.29) is 18.6 Å². The number of amides is 1. The van der Waals surface area contributed by atoms with Gasteiger partial charge in [-0.25, -0.2) is 0 Å². The summed E-state index contributed by atoms with van der Waals surface area (Å²) in [7, 11) is 0. The number of carbonyl (C=O) groups is 1. The number of rotatable bonds is 7. The highest BCUT2D eigenvalue weighted by atomic mass is 16.8. The molecule has 0 unspecified atom stereocenters. The van der Waals surface area contributed by atoms with E-state index in [9.17, 15) is 9.90 Å². The average molecular weight is 359 g/mol.